The summed E-state index contributed by atoms with van der Waals surface area (Å²) in [5, 5.41) is 8.57. The molecule has 0 fully saturated rings. The van der Waals surface area contributed by atoms with Crippen molar-refractivity contribution in [3.8, 4) is 0 Å². The van der Waals surface area contributed by atoms with Crippen LogP contribution in [0.2, 0.25) is 0 Å². The minimum Gasteiger partial charge on any atom is -0.481 e. The highest BCUT2D eigenvalue weighted by atomic mass is 35.5. The van der Waals surface area contributed by atoms with E-state index in [-0.39, 0.29) is 6.42 Å². The fourth-order valence-corrected chi connectivity index (χ4v) is 3.39. The van der Waals surface area contributed by atoms with Crippen LogP contribution in [0.3, 0.4) is 0 Å². The molecule has 0 unspecified atom stereocenters. The zero-order valence-corrected chi connectivity index (χ0v) is 15.0. The highest BCUT2D eigenvalue weighted by Crippen LogP contribution is 2.23. The third-order valence-electron chi connectivity index (χ3n) is 3.21. The van der Waals surface area contributed by atoms with E-state index in [4.69, 9.17) is 28.3 Å². The van der Waals surface area contributed by atoms with Gasteiger partial charge >= 0.3 is 5.97 Å². The fourth-order valence-electron chi connectivity index (χ4n) is 2.07. The first-order valence-electron chi connectivity index (χ1n) is 7.49. The summed E-state index contributed by atoms with van der Waals surface area (Å²) in [5.74, 6) is 1.49. The largest absolute Gasteiger partial charge is 0.481 e. The second-order valence-corrected chi connectivity index (χ2v) is 6.84. The summed E-state index contributed by atoms with van der Waals surface area (Å²) in [6.07, 6.45) is 3.05. The number of hydrogen-bond donors (Lipinski definition) is 1. The van der Waals surface area contributed by atoms with Crippen LogP contribution in [-0.2, 0) is 4.79 Å². The molecule has 1 rings (SSSR count). The smallest absolute Gasteiger partial charge is 0.303 e. The normalized spacial score (nSPS) is 10.6. The third-order valence-corrected chi connectivity index (χ3v) is 4.65. The van der Waals surface area contributed by atoms with Gasteiger partial charge in [0.25, 0.3) is 0 Å². The number of nitrogens with zero attached hydrogens (tertiary/aromatic N) is 1. The predicted octanol–water partition coefficient (Wildman–Crippen LogP) is 4.71. The van der Waals surface area contributed by atoms with E-state index in [0.29, 0.717) is 11.8 Å². The van der Waals surface area contributed by atoms with Crippen molar-refractivity contribution in [2.24, 2.45) is 0 Å². The Morgan fingerprint density at radius 3 is 2.23 bits per heavy atom. The van der Waals surface area contributed by atoms with E-state index in [1.54, 1.807) is 0 Å². The molecule has 0 bridgehead atoms. The molecule has 0 saturated carbocycles. The van der Waals surface area contributed by atoms with E-state index < -0.39 is 5.97 Å². The van der Waals surface area contributed by atoms with Crippen molar-refractivity contribution in [3.05, 3.63) is 24.3 Å². The molecule has 1 N–H and O–H groups in total. The van der Waals surface area contributed by atoms with Crippen LogP contribution >= 0.6 is 35.0 Å². The third kappa shape index (κ3) is 8.16. The number of alkyl halides is 2. The van der Waals surface area contributed by atoms with E-state index in [1.165, 1.54) is 4.90 Å². The number of carboxylic acids is 1. The number of rotatable bonds is 12. The quantitative estimate of drug-likeness (QED) is 0.331. The molecule has 1 aromatic rings. The molecule has 124 valence electrons. The molecular formula is C16H23Cl2NO2S. The standard InChI is InChI=1S/C16H23Cl2NO2S/c17-9-11-19(12-10-18)14-5-7-15(8-6-14)22-13-3-1-2-4-16(20)21/h5-8H,1-4,9-13H2,(H,20,21). The van der Waals surface area contributed by atoms with Gasteiger partial charge in [-0.3, -0.25) is 4.79 Å². The Hall–Kier alpha value is -0.580. The monoisotopic (exact) mass is 363 g/mol. The van der Waals surface area contributed by atoms with Crippen LogP contribution in [0.15, 0.2) is 29.2 Å². The highest BCUT2D eigenvalue weighted by molar-refractivity contribution is 7.99. The van der Waals surface area contributed by atoms with Crippen molar-refractivity contribution in [1.82, 2.24) is 0 Å². The zero-order valence-electron chi connectivity index (χ0n) is 12.6. The topological polar surface area (TPSA) is 40.5 Å². The van der Waals surface area contributed by atoms with Crippen molar-refractivity contribution in [2.45, 2.75) is 30.6 Å². The van der Waals surface area contributed by atoms with E-state index in [2.05, 4.69) is 29.2 Å². The van der Waals surface area contributed by atoms with Gasteiger partial charge in [0, 0.05) is 41.9 Å². The van der Waals surface area contributed by atoms with Crippen molar-refractivity contribution in [3.63, 3.8) is 0 Å². The molecule has 0 atom stereocenters. The first-order chi connectivity index (χ1) is 10.7. The summed E-state index contributed by atoms with van der Waals surface area (Å²) in [5.41, 5.74) is 1.15. The van der Waals surface area contributed by atoms with Crippen LogP contribution in [0.4, 0.5) is 5.69 Å². The fraction of sp³-hybridized carbons (Fsp3) is 0.562. The molecule has 0 aromatic heterocycles. The number of carboxylic acid groups (broad SMARTS) is 1. The van der Waals surface area contributed by atoms with Gasteiger partial charge in [-0.1, -0.05) is 6.42 Å². The van der Waals surface area contributed by atoms with Gasteiger partial charge in [0.2, 0.25) is 0 Å². The molecule has 0 aliphatic rings. The minimum atomic E-state index is -0.707. The highest BCUT2D eigenvalue weighted by Gasteiger charge is 2.05. The maximum atomic E-state index is 10.4. The Kier molecular flexibility index (Phi) is 10.5. The molecule has 6 heteroatoms. The lowest BCUT2D eigenvalue weighted by atomic mass is 10.2. The Labute approximate surface area is 147 Å². The SMILES string of the molecule is O=C(O)CCCCCSc1ccc(N(CCCl)CCCl)cc1. The van der Waals surface area contributed by atoms with Gasteiger partial charge in [-0.25, -0.2) is 0 Å². The molecular weight excluding hydrogens is 341 g/mol. The second-order valence-electron chi connectivity index (χ2n) is 4.91. The molecule has 3 nitrogen and oxygen atoms in total. The summed E-state index contributed by atoms with van der Waals surface area (Å²) in [4.78, 5) is 13.8. The molecule has 0 radical (unpaired) electrons. The maximum Gasteiger partial charge on any atom is 0.303 e. The number of benzene rings is 1. The van der Waals surface area contributed by atoms with Crippen LogP contribution in [0.5, 0.6) is 0 Å². The summed E-state index contributed by atoms with van der Waals surface area (Å²) in [6, 6.07) is 8.44. The molecule has 0 saturated heterocycles. The van der Waals surface area contributed by atoms with Gasteiger partial charge in [-0.05, 0) is 42.9 Å². The van der Waals surface area contributed by atoms with Gasteiger partial charge in [0.1, 0.15) is 0 Å². The molecule has 0 heterocycles. The van der Waals surface area contributed by atoms with Crippen LogP contribution in [-0.4, -0.2) is 41.7 Å². The average molecular weight is 364 g/mol. The molecule has 0 spiro atoms. The van der Waals surface area contributed by atoms with Crippen molar-refractivity contribution in [2.75, 3.05) is 35.5 Å². The van der Waals surface area contributed by atoms with E-state index >= 15 is 0 Å². The summed E-state index contributed by atoms with van der Waals surface area (Å²) in [6.45, 7) is 1.59. The number of anilines is 1. The van der Waals surface area contributed by atoms with Crippen LogP contribution in [0.1, 0.15) is 25.7 Å². The first-order valence-corrected chi connectivity index (χ1v) is 9.54. The number of carbonyl (C=O) groups is 1. The molecule has 0 aliphatic heterocycles. The van der Waals surface area contributed by atoms with E-state index in [0.717, 1.165) is 43.8 Å². The van der Waals surface area contributed by atoms with Crippen molar-refractivity contribution in [1.29, 1.82) is 0 Å². The lowest BCUT2D eigenvalue weighted by Gasteiger charge is -2.22. The van der Waals surface area contributed by atoms with Gasteiger partial charge in [-0.15, -0.1) is 35.0 Å². The van der Waals surface area contributed by atoms with Crippen molar-refractivity contribution < 1.29 is 9.90 Å². The van der Waals surface area contributed by atoms with Gasteiger partial charge in [0.05, 0.1) is 0 Å². The summed E-state index contributed by atoms with van der Waals surface area (Å²) in [7, 11) is 0. The molecule has 1 aromatic carbocycles. The number of hydrogen-bond acceptors (Lipinski definition) is 3. The predicted molar refractivity (Wildman–Crippen MR) is 96.9 cm³/mol. The molecule has 0 amide bonds. The second kappa shape index (κ2) is 11.9. The van der Waals surface area contributed by atoms with Gasteiger partial charge < -0.3 is 10.0 Å². The van der Waals surface area contributed by atoms with Crippen LogP contribution < -0.4 is 4.90 Å². The van der Waals surface area contributed by atoms with Crippen molar-refractivity contribution >= 4 is 46.6 Å². The van der Waals surface area contributed by atoms with Gasteiger partial charge in [0.15, 0.2) is 0 Å². The summed E-state index contributed by atoms with van der Waals surface area (Å²) >= 11 is 13.4. The maximum absolute atomic E-state index is 10.4. The Morgan fingerprint density at radius 2 is 1.68 bits per heavy atom. The van der Waals surface area contributed by atoms with E-state index in [1.807, 2.05) is 11.8 Å². The van der Waals surface area contributed by atoms with Crippen LogP contribution in [0.25, 0.3) is 0 Å². The molecule has 0 aliphatic carbocycles. The number of aliphatic carboxylic acids is 1. The van der Waals surface area contributed by atoms with Gasteiger partial charge in [-0.2, -0.15) is 0 Å². The summed E-state index contributed by atoms with van der Waals surface area (Å²) < 4.78 is 0. The Morgan fingerprint density at radius 1 is 1.05 bits per heavy atom. The lowest BCUT2D eigenvalue weighted by molar-refractivity contribution is -0.137. The first kappa shape index (κ1) is 19.5. The zero-order chi connectivity index (χ0) is 16.2. The van der Waals surface area contributed by atoms with Crippen LogP contribution in [0, 0.1) is 0 Å². The van der Waals surface area contributed by atoms with E-state index in [9.17, 15) is 4.79 Å². The molecule has 22 heavy (non-hydrogen) atoms. The number of unbranched alkanes of at least 4 members (excludes halogenated alkanes) is 2. The Bertz CT molecular complexity index is 423. The number of thioether (sulfide) groups is 1. The minimum absolute atomic E-state index is 0.274. The number of halogens is 2. The lowest BCUT2D eigenvalue weighted by Crippen LogP contribution is -2.27. The Balaban J connectivity index is 2.33. The average Bonchev–Trinajstić information content (AvgIpc) is 2.51.